The van der Waals surface area contributed by atoms with Crippen LogP contribution in [-0.4, -0.2) is 33.2 Å². The quantitative estimate of drug-likeness (QED) is 0.826. The molecule has 1 amide bonds. The molecule has 1 aromatic carbocycles. The molecule has 0 aliphatic heterocycles. The second-order valence-electron chi connectivity index (χ2n) is 6.36. The van der Waals surface area contributed by atoms with E-state index in [2.05, 4.69) is 10.0 Å². The maximum Gasteiger partial charge on any atom is 0.238 e. The van der Waals surface area contributed by atoms with Crippen LogP contribution in [0.15, 0.2) is 24.3 Å². The van der Waals surface area contributed by atoms with Crippen molar-refractivity contribution in [2.24, 2.45) is 5.41 Å². The molecule has 0 aliphatic rings. The molecule has 124 valence electrons. The molecular weight excluding hydrogens is 324 g/mol. The number of rotatable bonds is 6. The van der Waals surface area contributed by atoms with Crippen molar-refractivity contribution in [1.29, 1.82) is 0 Å². The second-order valence-corrected chi connectivity index (χ2v) is 8.57. The summed E-state index contributed by atoms with van der Waals surface area (Å²) in [6, 6.07) is 6.56. The third-order valence-electron chi connectivity index (χ3n) is 3.09. The summed E-state index contributed by atoms with van der Waals surface area (Å²) in [5.74, 6) is -0.327. The molecule has 0 saturated carbocycles. The van der Waals surface area contributed by atoms with Gasteiger partial charge in [0.05, 0.1) is 6.26 Å². The fourth-order valence-electron chi connectivity index (χ4n) is 1.92. The fraction of sp³-hybridized carbons (Fsp3) is 0.533. The van der Waals surface area contributed by atoms with Crippen molar-refractivity contribution in [3.8, 4) is 0 Å². The smallest absolute Gasteiger partial charge is 0.238 e. The van der Waals surface area contributed by atoms with Gasteiger partial charge in [0.25, 0.3) is 0 Å². The maximum atomic E-state index is 12.3. The van der Waals surface area contributed by atoms with Crippen LogP contribution in [0.2, 0.25) is 5.02 Å². The normalized spacial score (nSPS) is 13.7. The van der Waals surface area contributed by atoms with E-state index < -0.39 is 21.5 Å². The molecule has 7 heteroatoms. The molecule has 1 rings (SSSR count). The van der Waals surface area contributed by atoms with Crippen LogP contribution in [0.3, 0.4) is 0 Å². The number of hydrogen-bond acceptors (Lipinski definition) is 3. The first-order valence-corrected chi connectivity index (χ1v) is 9.25. The number of carbonyl (C=O) groups is 1. The fourth-order valence-corrected chi connectivity index (χ4v) is 2.94. The molecule has 5 nitrogen and oxygen atoms in total. The number of benzene rings is 1. The molecular formula is C15H23ClN2O3S. The molecule has 0 radical (unpaired) electrons. The highest BCUT2D eigenvalue weighted by molar-refractivity contribution is 7.88. The molecule has 0 bridgehead atoms. The minimum atomic E-state index is -3.46. The van der Waals surface area contributed by atoms with Crippen LogP contribution in [0.4, 0.5) is 0 Å². The summed E-state index contributed by atoms with van der Waals surface area (Å²) in [4.78, 5) is 12.3. The van der Waals surface area contributed by atoms with Gasteiger partial charge in [-0.3, -0.25) is 4.79 Å². The lowest BCUT2D eigenvalue weighted by Gasteiger charge is -2.29. The average molecular weight is 347 g/mol. The summed E-state index contributed by atoms with van der Waals surface area (Å²) < 4.78 is 25.2. The summed E-state index contributed by atoms with van der Waals surface area (Å²) in [7, 11) is -3.46. The molecule has 0 aliphatic carbocycles. The minimum absolute atomic E-state index is 0.327. The van der Waals surface area contributed by atoms with Crippen LogP contribution in [-0.2, 0) is 21.2 Å². The summed E-state index contributed by atoms with van der Waals surface area (Å²) in [6.45, 7) is 5.87. The average Bonchev–Trinajstić information content (AvgIpc) is 2.36. The molecule has 0 fully saturated rings. The molecule has 1 atom stereocenters. The Bertz CT molecular complexity index is 607. The molecule has 0 aromatic heterocycles. The van der Waals surface area contributed by atoms with Crippen LogP contribution in [0.1, 0.15) is 26.3 Å². The van der Waals surface area contributed by atoms with E-state index in [4.69, 9.17) is 11.6 Å². The Labute approximate surface area is 137 Å². The molecule has 1 unspecified atom stereocenters. The van der Waals surface area contributed by atoms with Crippen LogP contribution >= 0.6 is 11.6 Å². The Balaban J connectivity index is 2.62. The Hall–Kier alpha value is -1.11. The van der Waals surface area contributed by atoms with Crippen LogP contribution < -0.4 is 10.0 Å². The topological polar surface area (TPSA) is 75.3 Å². The Morgan fingerprint density at radius 1 is 1.23 bits per heavy atom. The number of nitrogens with one attached hydrogen (secondary N) is 2. The number of sulfonamides is 1. The van der Waals surface area contributed by atoms with Gasteiger partial charge in [0.15, 0.2) is 0 Å². The standard InChI is InChI=1S/C15H23ClN2O3S/c1-15(2,3)13(18-22(4,20)21)14(19)17-10-9-11-5-7-12(16)8-6-11/h5-8,13,18H,9-10H2,1-4H3,(H,17,19). The SMILES string of the molecule is CC(C)(C)C(NS(C)(=O)=O)C(=O)NCCc1ccc(Cl)cc1. The molecule has 22 heavy (non-hydrogen) atoms. The third kappa shape index (κ3) is 6.77. The van der Waals surface area contributed by atoms with Gasteiger partial charge in [-0.15, -0.1) is 0 Å². The zero-order chi connectivity index (χ0) is 17.0. The lowest BCUT2D eigenvalue weighted by Crippen LogP contribution is -2.53. The van der Waals surface area contributed by atoms with Gasteiger partial charge in [-0.25, -0.2) is 13.1 Å². The summed E-state index contributed by atoms with van der Waals surface area (Å²) >= 11 is 5.81. The summed E-state index contributed by atoms with van der Waals surface area (Å²) in [5.41, 5.74) is 0.529. The number of halogens is 1. The van der Waals surface area contributed by atoms with E-state index in [1.807, 2.05) is 32.9 Å². The highest BCUT2D eigenvalue weighted by Crippen LogP contribution is 2.20. The monoisotopic (exact) mass is 346 g/mol. The first kappa shape index (κ1) is 18.9. The van der Waals surface area contributed by atoms with Gasteiger partial charge in [0.2, 0.25) is 15.9 Å². The third-order valence-corrected chi connectivity index (χ3v) is 4.00. The van der Waals surface area contributed by atoms with Crippen molar-refractivity contribution in [1.82, 2.24) is 10.0 Å². The van der Waals surface area contributed by atoms with Crippen molar-refractivity contribution in [3.05, 3.63) is 34.9 Å². The van der Waals surface area contributed by atoms with Crippen molar-refractivity contribution < 1.29 is 13.2 Å². The van der Waals surface area contributed by atoms with Crippen LogP contribution in [0.5, 0.6) is 0 Å². The van der Waals surface area contributed by atoms with Crippen LogP contribution in [0.25, 0.3) is 0 Å². The molecule has 0 heterocycles. The van der Waals surface area contributed by atoms with Crippen molar-refractivity contribution in [2.45, 2.75) is 33.2 Å². The predicted molar refractivity (Wildman–Crippen MR) is 89.4 cm³/mol. The van der Waals surface area contributed by atoms with Crippen molar-refractivity contribution in [2.75, 3.05) is 12.8 Å². The number of hydrogen-bond donors (Lipinski definition) is 2. The minimum Gasteiger partial charge on any atom is -0.354 e. The highest BCUT2D eigenvalue weighted by atomic mass is 35.5. The lowest BCUT2D eigenvalue weighted by atomic mass is 9.87. The summed E-state index contributed by atoms with van der Waals surface area (Å²) in [6.07, 6.45) is 1.70. The van der Waals surface area contributed by atoms with Gasteiger partial charge in [-0.1, -0.05) is 44.5 Å². The second kappa shape index (κ2) is 7.44. The largest absolute Gasteiger partial charge is 0.354 e. The van der Waals surface area contributed by atoms with Crippen molar-refractivity contribution in [3.63, 3.8) is 0 Å². The molecule has 1 aromatic rings. The van der Waals surface area contributed by atoms with E-state index >= 15 is 0 Å². The van der Waals surface area contributed by atoms with E-state index in [-0.39, 0.29) is 5.91 Å². The van der Waals surface area contributed by atoms with Gasteiger partial charge in [-0.05, 0) is 29.5 Å². The number of amides is 1. The van der Waals surface area contributed by atoms with Crippen LogP contribution in [0, 0.1) is 5.41 Å². The molecule has 0 saturated heterocycles. The first-order valence-electron chi connectivity index (χ1n) is 6.98. The van der Waals surface area contributed by atoms with Gasteiger partial charge in [-0.2, -0.15) is 0 Å². The predicted octanol–water partition coefficient (Wildman–Crippen LogP) is 1.96. The molecule has 2 N–H and O–H groups in total. The Morgan fingerprint density at radius 3 is 2.23 bits per heavy atom. The zero-order valence-electron chi connectivity index (χ0n) is 13.3. The lowest BCUT2D eigenvalue weighted by molar-refractivity contribution is -0.124. The van der Waals surface area contributed by atoms with E-state index in [0.29, 0.717) is 18.0 Å². The maximum absolute atomic E-state index is 12.3. The summed E-state index contributed by atoms with van der Waals surface area (Å²) in [5, 5.41) is 3.44. The van der Waals surface area contributed by atoms with E-state index in [9.17, 15) is 13.2 Å². The van der Waals surface area contributed by atoms with Gasteiger partial charge in [0, 0.05) is 11.6 Å². The van der Waals surface area contributed by atoms with Gasteiger partial charge in [0.1, 0.15) is 6.04 Å². The van der Waals surface area contributed by atoms with Gasteiger partial charge < -0.3 is 5.32 Å². The van der Waals surface area contributed by atoms with Gasteiger partial charge >= 0.3 is 0 Å². The van der Waals surface area contributed by atoms with E-state index in [1.165, 1.54) is 0 Å². The Kier molecular flexibility index (Phi) is 6.40. The highest BCUT2D eigenvalue weighted by Gasteiger charge is 2.33. The number of carbonyl (C=O) groups excluding carboxylic acids is 1. The zero-order valence-corrected chi connectivity index (χ0v) is 14.9. The van der Waals surface area contributed by atoms with E-state index in [0.717, 1.165) is 11.8 Å². The Morgan fingerprint density at radius 2 is 1.77 bits per heavy atom. The van der Waals surface area contributed by atoms with E-state index in [1.54, 1.807) is 12.1 Å². The molecule has 0 spiro atoms. The van der Waals surface area contributed by atoms with Crippen molar-refractivity contribution >= 4 is 27.5 Å². The first-order chi connectivity index (χ1) is 9.99.